The van der Waals surface area contributed by atoms with Gasteiger partial charge in [0, 0.05) is 30.9 Å². The van der Waals surface area contributed by atoms with Gasteiger partial charge in [-0.25, -0.2) is 4.99 Å². The van der Waals surface area contributed by atoms with E-state index >= 15 is 0 Å². The van der Waals surface area contributed by atoms with Crippen molar-refractivity contribution in [1.29, 1.82) is 0 Å². The van der Waals surface area contributed by atoms with Crippen LogP contribution in [0, 0.1) is 5.92 Å². The molecule has 2 rings (SSSR count). The van der Waals surface area contributed by atoms with Crippen molar-refractivity contribution >= 4 is 53.0 Å². The first-order valence-corrected chi connectivity index (χ1v) is 11.2. The van der Waals surface area contributed by atoms with Gasteiger partial charge in [-0.15, -0.1) is 45.5 Å². The Labute approximate surface area is 188 Å². The number of rotatable bonds is 10. The van der Waals surface area contributed by atoms with Crippen LogP contribution in [0.2, 0.25) is 0 Å². The van der Waals surface area contributed by atoms with Crippen molar-refractivity contribution < 1.29 is 0 Å². The number of guanidine groups is 1. The number of hydrogen-bond donors (Lipinski definition) is 2. The summed E-state index contributed by atoms with van der Waals surface area (Å²) in [5.74, 6) is 2.53. The number of thioether (sulfide) groups is 1. The zero-order chi connectivity index (χ0) is 18.8. The van der Waals surface area contributed by atoms with Gasteiger partial charge in [-0.05, 0) is 37.0 Å². The highest BCUT2D eigenvalue weighted by atomic mass is 127. The lowest BCUT2D eigenvalue weighted by Crippen LogP contribution is -2.37. The predicted octanol–water partition coefficient (Wildman–Crippen LogP) is 4.02. The lowest BCUT2D eigenvalue weighted by molar-refractivity contribution is 0.477. The van der Waals surface area contributed by atoms with E-state index in [1.807, 2.05) is 0 Å². The number of nitrogens with one attached hydrogen (secondary N) is 2. The van der Waals surface area contributed by atoms with Gasteiger partial charge in [-0.1, -0.05) is 31.7 Å². The van der Waals surface area contributed by atoms with E-state index in [-0.39, 0.29) is 24.0 Å². The highest BCUT2D eigenvalue weighted by molar-refractivity contribution is 14.0. The molecular formula is C18H31IN6S2. The minimum Gasteiger partial charge on any atom is -0.357 e. The summed E-state index contributed by atoms with van der Waals surface area (Å²) >= 11 is 3.40. The van der Waals surface area contributed by atoms with Gasteiger partial charge < -0.3 is 15.2 Å². The summed E-state index contributed by atoms with van der Waals surface area (Å²) in [5.41, 5.74) is 0. The smallest absolute Gasteiger partial charge is 0.191 e. The summed E-state index contributed by atoms with van der Waals surface area (Å²) in [7, 11) is 0. The molecule has 2 N–H and O–H groups in total. The van der Waals surface area contributed by atoms with Crippen LogP contribution >= 0.6 is 47.1 Å². The first-order chi connectivity index (χ1) is 12.6. The number of aryl methyl sites for hydroxylation is 1. The number of aromatic nitrogens is 3. The van der Waals surface area contributed by atoms with Gasteiger partial charge in [0.2, 0.25) is 0 Å². The van der Waals surface area contributed by atoms with Crippen molar-refractivity contribution in [2.45, 2.75) is 51.9 Å². The van der Waals surface area contributed by atoms with E-state index < -0.39 is 0 Å². The minimum atomic E-state index is 0. The molecule has 0 radical (unpaired) electrons. The van der Waals surface area contributed by atoms with Crippen LogP contribution in [0.4, 0.5) is 0 Å². The molecule has 0 spiro atoms. The number of hydrogen-bond acceptors (Lipinski definition) is 5. The van der Waals surface area contributed by atoms with Gasteiger partial charge in [0.25, 0.3) is 0 Å². The molecule has 0 fully saturated rings. The summed E-state index contributed by atoms with van der Waals surface area (Å²) in [6.07, 6.45) is 3.96. The minimum absolute atomic E-state index is 0. The maximum atomic E-state index is 4.64. The molecule has 2 heterocycles. The maximum Gasteiger partial charge on any atom is 0.191 e. The second-order valence-corrected chi connectivity index (χ2v) is 8.22. The van der Waals surface area contributed by atoms with Gasteiger partial charge in [0.05, 0.1) is 6.54 Å². The molecule has 6 nitrogen and oxygen atoms in total. The summed E-state index contributed by atoms with van der Waals surface area (Å²) < 4.78 is 2.26. The lowest BCUT2D eigenvalue weighted by Gasteiger charge is -2.13. The Balaban J connectivity index is 0.00000364. The molecule has 0 bridgehead atoms. The molecule has 0 aromatic carbocycles. The zero-order valence-corrected chi connectivity index (χ0v) is 20.5. The van der Waals surface area contributed by atoms with Gasteiger partial charge in [0.1, 0.15) is 5.82 Å². The van der Waals surface area contributed by atoms with Crippen LogP contribution in [-0.2, 0) is 19.5 Å². The van der Waals surface area contributed by atoms with Crippen molar-refractivity contribution in [3.63, 3.8) is 0 Å². The van der Waals surface area contributed by atoms with Gasteiger partial charge in [-0.3, -0.25) is 0 Å². The van der Waals surface area contributed by atoms with Gasteiger partial charge in [0.15, 0.2) is 11.1 Å². The fourth-order valence-electron chi connectivity index (χ4n) is 2.56. The molecule has 152 valence electrons. The third kappa shape index (κ3) is 8.39. The van der Waals surface area contributed by atoms with Crippen LogP contribution in [0.5, 0.6) is 0 Å². The van der Waals surface area contributed by atoms with Crippen LogP contribution in [0.3, 0.4) is 0 Å². The average Bonchev–Trinajstić information content (AvgIpc) is 3.26. The molecule has 0 aliphatic heterocycles. The topological polar surface area (TPSA) is 67.1 Å². The second kappa shape index (κ2) is 13.4. The molecule has 0 saturated carbocycles. The zero-order valence-electron chi connectivity index (χ0n) is 16.6. The Morgan fingerprint density at radius 3 is 2.78 bits per heavy atom. The summed E-state index contributed by atoms with van der Waals surface area (Å²) in [6.45, 7) is 9.93. The number of nitrogens with zero attached hydrogens (tertiary/aromatic N) is 4. The van der Waals surface area contributed by atoms with Crippen LogP contribution in [0.1, 0.15) is 37.9 Å². The molecule has 2 aromatic heterocycles. The standard InChI is InChI=1S/C18H30N6S2.HI/c1-5-19-17(21-12-15-8-7-11-26-15)20-10-6-9-16-22-23-18(25-4)24(16)13-14(2)3;/h7-8,11,14H,5-6,9-10,12-13H2,1-4H3,(H2,19,20,21);1H. The van der Waals surface area contributed by atoms with Crippen molar-refractivity contribution in [2.75, 3.05) is 19.3 Å². The van der Waals surface area contributed by atoms with E-state index in [2.05, 4.69) is 74.9 Å². The Kier molecular flexibility index (Phi) is 12.0. The van der Waals surface area contributed by atoms with Crippen LogP contribution in [0.15, 0.2) is 27.7 Å². The van der Waals surface area contributed by atoms with Crippen molar-refractivity contribution in [3.05, 3.63) is 28.2 Å². The Morgan fingerprint density at radius 1 is 1.33 bits per heavy atom. The van der Waals surface area contributed by atoms with E-state index in [1.54, 1.807) is 23.1 Å². The fraction of sp³-hybridized carbons (Fsp3) is 0.611. The van der Waals surface area contributed by atoms with E-state index in [0.29, 0.717) is 12.5 Å². The van der Waals surface area contributed by atoms with Crippen LogP contribution in [-0.4, -0.2) is 40.1 Å². The Morgan fingerprint density at radius 2 is 2.15 bits per heavy atom. The quantitative estimate of drug-likeness (QED) is 0.162. The Bertz CT molecular complexity index is 669. The summed E-state index contributed by atoms with van der Waals surface area (Å²) in [5, 5.41) is 18.5. The first kappa shape index (κ1) is 24.2. The van der Waals surface area contributed by atoms with E-state index in [9.17, 15) is 0 Å². The summed E-state index contributed by atoms with van der Waals surface area (Å²) in [4.78, 5) is 5.91. The van der Waals surface area contributed by atoms with Crippen molar-refractivity contribution in [2.24, 2.45) is 10.9 Å². The second-order valence-electron chi connectivity index (χ2n) is 6.41. The molecule has 0 aliphatic rings. The number of thiophene rings is 1. The molecule has 0 aliphatic carbocycles. The maximum absolute atomic E-state index is 4.64. The third-order valence-corrected chi connectivity index (χ3v) is 5.24. The predicted molar refractivity (Wildman–Crippen MR) is 128 cm³/mol. The monoisotopic (exact) mass is 522 g/mol. The molecule has 0 unspecified atom stereocenters. The van der Waals surface area contributed by atoms with E-state index in [0.717, 1.165) is 49.4 Å². The van der Waals surface area contributed by atoms with Crippen LogP contribution < -0.4 is 10.6 Å². The largest absolute Gasteiger partial charge is 0.357 e. The number of halogens is 1. The van der Waals surface area contributed by atoms with Gasteiger partial charge in [-0.2, -0.15) is 0 Å². The molecule has 27 heavy (non-hydrogen) atoms. The highest BCUT2D eigenvalue weighted by Crippen LogP contribution is 2.16. The van der Waals surface area contributed by atoms with Crippen molar-refractivity contribution in [3.8, 4) is 0 Å². The molecule has 2 aromatic rings. The fourth-order valence-corrected chi connectivity index (χ4v) is 3.71. The SMILES string of the molecule is CCNC(=NCc1cccs1)NCCCc1nnc(SC)n1CC(C)C.I. The molecule has 9 heteroatoms. The van der Waals surface area contributed by atoms with E-state index in [4.69, 9.17) is 0 Å². The lowest BCUT2D eigenvalue weighted by atomic mass is 10.2. The Hall–Kier alpha value is -0.810. The normalized spacial score (nSPS) is 11.5. The molecule has 0 amide bonds. The van der Waals surface area contributed by atoms with Gasteiger partial charge >= 0.3 is 0 Å². The van der Waals surface area contributed by atoms with Crippen LogP contribution in [0.25, 0.3) is 0 Å². The molecular weight excluding hydrogens is 491 g/mol. The highest BCUT2D eigenvalue weighted by Gasteiger charge is 2.12. The molecule has 0 atom stereocenters. The van der Waals surface area contributed by atoms with Crippen molar-refractivity contribution in [1.82, 2.24) is 25.4 Å². The third-order valence-electron chi connectivity index (χ3n) is 3.71. The molecule has 0 saturated heterocycles. The average molecular weight is 523 g/mol. The first-order valence-electron chi connectivity index (χ1n) is 9.14. The summed E-state index contributed by atoms with van der Waals surface area (Å²) in [6, 6.07) is 4.18. The van der Waals surface area contributed by atoms with E-state index in [1.165, 1.54) is 4.88 Å². The number of aliphatic imine (C=N–C) groups is 1.